The highest BCUT2D eigenvalue weighted by atomic mass is 35.5. The highest BCUT2D eigenvalue weighted by Gasteiger charge is 2.17. The Hall–Kier alpha value is -2.68. The van der Waals surface area contributed by atoms with Crippen LogP contribution in [0.4, 0.5) is 10.1 Å². The van der Waals surface area contributed by atoms with Gasteiger partial charge in [0.2, 0.25) is 0 Å². The summed E-state index contributed by atoms with van der Waals surface area (Å²) in [6, 6.07) is 7.57. The van der Waals surface area contributed by atoms with Gasteiger partial charge < -0.3 is 19.4 Å². The number of hydrogen-bond acceptors (Lipinski definition) is 4. The van der Waals surface area contributed by atoms with E-state index in [2.05, 4.69) is 29.6 Å². The standard InChI is InChI=1S/C22H25ClFN5OSi/c1-31(2,3)11-10-30-14-28-9-8-26-22(28)21-18-7-4-15(12-29(18)13-27-21)19-16(24)5-6-17(25)20(19)23/h4-9,12-13H,10-11,14,25H2,1-3H3. The van der Waals surface area contributed by atoms with Crippen molar-refractivity contribution in [2.75, 3.05) is 12.3 Å². The minimum absolute atomic E-state index is 0.200. The molecule has 0 atom stereocenters. The van der Waals surface area contributed by atoms with Crippen molar-refractivity contribution in [3.8, 4) is 22.6 Å². The summed E-state index contributed by atoms with van der Waals surface area (Å²) in [6.07, 6.45) is 7.08. The monoisotopic (exact) mass is 457 g/mol. The van der Waals surface area contributed by atoms with Crippen LogP contribution in [0.2, 0.25) is 30.7 Å². The Kier molecular flexibility index (Phi) is 5.87. The second-order valence-corrected chi connectivity index (χ2v) is 14.7. The van der Waals surface area contributed by atoms with Crippen molar-refractivity contribution < 1.29 is 9.13 Å². The molecule has 4 rings (SSSR count). The topological polar surface area (TPSA) is 70.4 Å². The lowest BCUT2D eigenvalue weighted by molar-refractivity contribution is 0.0882. The number of hydrogen-bond donors (Lipinski definition) is 1. The summed E-state index contributed by atoms with van der Waals surface area (Å²) in [6.45, 7) is 8.13. The summed E-state index contributed by atoms with van der Waals surface area (Å²) in [7, 11) is -1.14. The predicted molar refractivity (Wildman–Crippen MR) is 125 cm³/mol. The number of ether oxygens (including phenoxy) is 1. The average Bonchev–Trinajstić information content (AvgIpc) is 3.34. The minimum Gasteiger partial charge on any atom is -0.398 e. The van der Waals surface area contributed by atoms with Crippen molar-refractivity contribution in [2.24, 2.45) is 0 Å². The van der Waals surface area contributed by atoms with Crippen LogP contribution in [0.25, 0.3) is 28.2 Å². The van der Waals surface area contributed by atoms with Gasteiger partial charge in [0.1, 0.15) is 24.6 Å². The summed E-state index contributed by atoms with van der Waals surface area (Å²) in [5, 5.41) is 0.200. The van der Waals surface area contributed by atoms with Crippen LogP contribution in [-0.4, -0.2) is 33.6 Å². The fourth-order valence-electron chi connectivity index (χ4n) is 3.33. The van der Waals surface area contributed by atoms with Crippen LogP contribution < -0.4 is 5.73 Å². The van der Waals surface area contributed by atoms with Crippen LogP contribution in [0, 0.1) is 5.82 Å². The highest BCUT2D eigenvalue weighted by molar-refractivity contribution is 6.76. The van der Waals surface area contributed by atoms with Crippen molar-refractivity contribution in [1.82, 2.24) is 18.9 Å². The number of fused-ring (bicyclic) bond motifs is 1. The molecule has 0 saturated carbocycles. The number of anilines is 1. The van der Waals surface area contributed by atoms with Crippen molar-refractivity contribution in [2.45, 2.75) is 32.4 Å². The lowest BCUT2D eigenvalue weighted by Gasteiger charge is -2.16. The molecule has 9 heteroatoms. The van der Waals surface area contributed by atoms with E-state index in [1.165, 1.54) is 12.1 Å². The Morgan fingerprint density at radius 1 is 1.16 bits per heavy atom. The van der Waals surface area contributed by atoms with Crippen LogP contribution in [0.5, 0.6) is 0 Å². The van der Waals surface area contributed by atoms with Crippen LogP contribution in [-0.2, 0) is 11.5 Å². The number of pyridine rings is 1. The van der Waals surface area contributed by atoms with E-state index in [-0.39, 0.29) is 10.6 Å². The normalized spacial score (nSPS) is 12.0. The van der Waals surface area contributed by atoms with Gasteiger partial charge in [0.15, 0.2) is 5.82 Å². The van der Waals surface area contributed by atoms with E-state index in [0.29, 0.717) is 18.0 Å². The zero-order valence-electron chi connectivity index (χ0n) is 17.8. The summed E-state index contributed by atoms with van der Waals surface area (Å²) in [5.74, 6) is 0.293. The van der Waals surface area contributed by atoms with Gasteiger partial charge in [0.05, 0.1) is 16.2 Å². The van der Waals surface area contributed by atoms with Gasteiger partial charge >= 0.3 is 0 Å². The van der Waals surface area contributed by atoms with E-state index in [0.717, 1.165) is 29.7 Å². The predicted octanol–water partition coefficient (Wildman–Crippen LogP) is 5.55. The van der Waals surface area contributed by atoms with Crippen LogP contribution >= 0.6 is 11.6 Å². The molecule has 162 valence electrons. The Labute approximate surface area is 186 Å². The molecule has 31 heavy (non-hydrogen) atoms. The van der Waals surface area contributed by atoms with Crippen molar-refractivity contribution in [3.63, 3.8) is 0 Å². The molecule has 6 nitrogen and oxygen atoms in total. The molecule has 3 aromatic heterocycles. The number of nitrogens with zero attached hydrogens (tertiary/aromatic N) is 4. The van der Waals surface area contributed by atoms with E-state index in [1.54, 1.807) is 18.7 Å². The maximum atomic E-state index is 14.4. The lowest BCUT2D eigenvalue weighted by atomic mass is 10.1. The zero-order valence-corrected chi connectivity index (χ0v) is 19.5. The summed E-state index contributed by atoms with van der Waals surface area (Å²) in [4.78, 5) is 9.02. The second-order valence-electron chi connectivity index (χ2n) is 8.70. The largest absolute Gasteiger partial charge is 0.398 e. The van der Waals surface area contributed by atoms with E-state index < -0.39 is 13.9 Å². The molecule has 0 aliphatic heterocycles. The number of nitrogen functional groups attached to an aromatic ring is 1. The van der Waals surface area contributed by atoms with Crippen LogP contribution in [0.15, 0.2) is 49.2 Å². The molecule has 1 aromatic carbocycles. The smallest absolute Gasteiger partial charge is 0.162 e. The van der Waals surface area contributed by atoms with Crippen molar-refractivity contribution in [1.29, 1.82) is 0 Å². The van der Waals surface area contributed by atoms with E-state index in [1.807, 2.05) is 27.3 Å². The molecule has 4 aromatic rings. The molecule has 0 radical (unpaired) electrons. The first-order valence-electron chi connectivity index (χ1n) is 10.0. The van der Waals surface area contributed by atoms with Gasteiger partial charge in [0, 0.05) is 44.4 Å². The second kappa shape index (κ2) is 8.45. The Bertz CT molecular complexity index is 1230. The van der Waals surface area contributed by atoms with E-state index >= 15 is 0 Å². The maximum Gasteiger partial charge on any atom is 0.162 e. The molecule has 0 spiro atoms. The van der Waals surface area contributed by atoms with Gasteiger partial charge in [-0.3, -0.25) is 0 Å². The Morgan fingerprint density at radius 3 is 2.74 bits per heavy atom. The first-order chi connectivity index (χ1) is 14.7. The first kappa shape index (κ1) is 21.5. The van der Waals surface area contributed by atoms with Crippen LogP contribution in [0.1, 0.15) is 0 Å². The van der Waals surface area contributed by atoms with Gasteiger partial charge in [-0.15, -0.1) is 0 Å². The highest BCUT2D eigenvalue weighted by Crippen LogP contribution is 2.35. The number of benzene rings is 1. The number of aromatic nitrogens is 4. The number of nitrogens with two attached hydrogens (primary N) is 1. The lowest BCUT2D eigenvalue weighted by Crippen LogP contribution is -2.22. The molecule has 0 saturated heterocycles. The zero-order chi connectivity index (χ0) is 22.2. The van der Waals surface area contributed by atoms with Gasteiger partial charge in [-0.25, -0.2) is 14.4 Å². The maximum absolute atomic E-state index is 14.4. The average molecular weight is 458 g/mol. The molecule has 0 unspecified atom stereocenters. The third kappa shape index (κ3) is 4.51. The fourth-order valence-corrected chi connectivity index (χ4v) is 4.34. The molecule has 0 amide bonds. The summed E-state index contributed by atoms with van der Waals surface area (Å²) >= 11 is 6.27. The van der Waals surface area contributed by atoms with Crippen LogP contribution in [0.3, 0.4) is 0 Å². The Morgan fingerprint density at radius 2 is 1.97 bits per heavy atom. The molecule has 0 bridgehead atoms. The number of imidazole rings is 2. The van der Waals surface area contributed by atoms with Gasteiger partial charge in [-0.1, -0.05) is 37.3 Å². The van der Waals surface area contributed by atoms with Gasteiger partial charge in [0.25, 0.3) is 0 Å². The third-order valence-corrected chi connectivity index (χ3v) is 7.21. The van der Waals surface area contributed by atoms with Crippen molar-refractivity contribution in [3.05, 3.63) is 60.0 Å². The number of halogens is 2. The quantitative estimate of drug-likeness (QED) is 0.224. The molecule has 0 fully saturated rings. The molecular weight excluding hydrogens is 433 g/mol. The van der Waals surface area contributed by atoms with Gasteiger partial charge in [-0.05, 0) is 24.2 Å². The fraction of sp³-hybridized carbons (Fsp3) is 0.273. The van der Waals surface area contributed by atoms with Gasteiger partial charge in [-0.2, -0.15) is 0 Å². The summed E-state index contributed by atoms with van der Waals surface area (Å²) < 4.78 is 24.1. The number of rotatable bonds is 7. The molecule has 3 heterocycles. The van der Waals surface area contributed by atoms with Crippen molar-refractivity contribution >= 4 is 30.9 Å². The molecule has 2 N–H and O–H groups in total. The van der Waals surface area contributed by atoms with E-state index in [9.17, 15) is 4.39 Å². The minimum atomic E-state index is -1.14. The van der Waals surface area contributed by atoms with E-state index in [4.69, 9.17) is 22.1 Å². The Balaban J connectivity index is 1.62. The molecular formula is C22H25ClFN5OSi. The molecule has 0 aliphatic rings. The first-order valence-corrected chi connectivity index (χ1v) is 14.1. The molecule has 0 aliphatic carbocycles. The third-order valence-electron chi connectivity index (χ3n) is 5.09. The summed E-state index contributed by atoms with van der Waals surface area (Å²) in [5.41, 5.74) is 8.66. The SMILES string of the molecule is C[Si](C)(C)CCOCn1ccnc1-c1ncn2cc(-c3c(F)ccc(N)c3Cl)ccc12.